The predicted octanol–water partition coefficient (Wildman–Crippen LogP) is 3.67. The number of ketones is 1. The van der Waals surface area contributed by atoms with E-state index in [1.165, 1.54) is 29.8 Å². The fraction of sp³-hybridized carbons (Fsp3) is 0.158. The minimum absolute atomic E-state index is 0.0660. The van der Waals surface area contributed by atoms with Crippen molar-refractivity contribution in [1.29, 1.82) is 0 Å². The lowest BCUT2D eigenvalue weighted by Gasteiger charge is -2.24. The Morgan fingerprint density at radius 3 is 2.68 bits per heavy atom. The van der Waals surface area contributed by atoms with Crippen molar-refractivity contribution in [3.8, 4) is 0 Å². The van der Waals surface area contributed by atoms with Gasteiger partial charge in [0, 0.05) is 5.56 Å². The van der Waals surface area contributed by atoms with Crippen molar-refractivity contribution >= 4 is 28.2 Å². The Balaban J connectivity index is 1.92. The van der Waals surface area contributed by atoms with Gasteiger partial charge in [-0.2, -0.15) is 0 Å². The number of aryl methyl sites for hydroxylation is 2. The predicted molar refractivity (Wildman–Crippen MR) is 98.7 cm³/mol. The van der Waals surface area contributed by atoms with Gasteiger partial charge in [0.1, 0.15) is 28.9 Å². The van der Waals surface area contributed by atoms with Crippen LogP contribution in [0.1, 0.15) is 33.5 Å². The maximum atomic E-state index is 14.6. The van der Waals surface area contributed by atoms with E-state index in [9.17, 15) is 19.1 Å². The molecule has 4 rings (SSSR count). The zero-order valence-corrected chi connectivity index (χ0v) is 15.7. The third-order valence-electron chi connectivity index (χ3n) is 4.49. The van der Waals surface area contributed by atoms with E-state index in [0.717, 1.165) is 16.2 Å². The summed E-state index contributed by atoms with van der Waals surface area (Å²) in [6.07, 6.45) is 0. The number of hydrogen-bond acceptors (Lipinski definition) is 7. The molecule has 3 aromatic rings. The van der Waals surface area contributed by atoms with Crippen LogP contribution >= 0.6 is 11.3 Å². The van der Waals surface area contributed by atoms with Gasteiger partial charge in [-0.25, -0.2) is 4.39 Å². The molecule has 1 aliphatic rings. The molecule has 1 unspecified atom stereocenters. The van der Waals surface area contributed by atoms with Crippen LogP contribution < -0.4 is 4.90 Å². The SMILES string of the molecule is Cc1cc(C(=O)C2=C(O)C(=O)N(c3nncs3)C2c2ccccc2F)c(C)o1. The molecule has 1 atom stereocenters. The molecule has 1 aliphatic heterocycles. The lowest BCUT2D eigenvalue weighted by Crippen LogP contribution is -2.31. The monoisotopic (exact) mass is 399 g/mol. The number of carbonyl (C=O) groups excluding carboxylic acids is 2. The van der Waals surface area contributed by atoms with Crippen LogP contribution in [-0.4, -0.2) is 27.0 Å². The molecule has 28 heavy (non-hydrogen) atoms. The summed E-state index contributed by atoms with van der Waals surface area (Å²) < 4.78 is 20.0. The van der Waals surface area contributed by atoms with Gasteiger partial charge in [-0.15, -0.1) is 10.2 Å². The van der Waals surface area contributed by atoms with E-state index in [1.807, 2.05) is 0 Å². The average molecular weight is 399 g/mol. The number of anilines is 1. The molecule has 1 aromatic carbocycles. The van der Waals surface area contributed by atoms with Crippen molar-refractivity contribution in [2.75, 3.05) is 4.90 Å². The highest BCUT2D eigenvalue weighted by molar-refractivity contribution is 7.13. The number of Topliss-reactive ketones (excluding diaryl/α,β-unsaturated/α-hetero) is 1. The van der Waals surface area contributed by atoms with E-state index in [4.69, 9.17) is 4.42 Å². The summed E-state index contributed by atoms with van der Waals surface area (Å²) in [4.78, 5) is 27.1. The van der Waals surface area contributed by atoms with Crippen LogP contribution in [0.5, 0.6) is 0 Å². The zero-order chi connectivity index (χ0) is 20.0. The summed E-state index contributed by atoms with van der Waals surface area (Å²) in [6.45, 7) is 3.29. The number of benzene rings is 1. The standard InChI is InChI=1S/C19H14FN3O4S/c1-9-7-12(10(2)27-9)16(24)14-15(11-5-3-4-6-13(11)20)23(18(26)17(14)25)19-22-21-8-28-19/h3-8,15,25H,1-2H3. The summed E-state index contributed by atoms with van der Waals surface area (Å²) in [7, 11) is 0. The van der Waals surface area contributed by atoms with Crippen LogP contribution in [0.25, 0.3) is 0 Å². The lowest BCUT2D eigenvalue weighted by atomic mass is 9.92. The molecule has 9 heteroatoms. The molecule has 0 radical (unpaired) electrons. The van der Waals surface area contributed by atoms with Gasteiger partial charge in [0.15, 0.2) is 11.5 Å². The second-order valence-corrected chi connectivity index (χ2v) is 7.05. The largest absolute Gasteiger partial charge is 0.503 e. The number of furan rings is 1. The normalized spacial score (nSPS) is 16.9. The molecule has 0 bridgehead atoms. The van der Waals surface area contributed by atoms with Gasteiger partial charge in [0.2, 0.25) is 5.13 Å². The number of aliphatic hydroxyl groups is 1. The van der Waals surface area contributed by atoms with Crippen molar-refractivity contribution < 1.29 is 23.5 Å². The van der Waals surface area contributed by atoms with Gasteiger partial charge in [-0.3, -0.25) is 14.5 Å². The summed E-state index contributed by atoms with van der Waals surface area (Å²) in [5.74, 6) is -1.96. The quantitative estimate of drug-likeness (QED) is 0.673. The topological polar surface area (TPSA) is 96.5 Å². The molecular weight excluding hydrogens is 385 g/mol. The molecule has 142 valence electrons. The maximum Gasteiger partial charge on any atom is 0.296 e. The Morgan fingerprint density at radius 1 is 1.32 bits per heavy atom. The smallest absolute Gasteiger partial charge is 0.296 e. The molecule has 3 heterocycles. The van der Waals surface area contributed by atoms with Crippen molar-refractivity contribution in [3.05, 3.63) is 75.6 Å². The number of aromatic nitrogens is 2. The van der Waals surface area contributed by atoms with Gasteiger partial charge in [0.25, 0.3) is 5.91 Å². The van der Waals surface area contributed by atoms with Crippen LogP contribution in [0.15, 0.2) is 51.6 Å². The molecule has 0 saturated heterocycles. The third-order valence-corrected chi connectivity index (χ3v) is 5.18. The van der Waals surface area contributed by atoms with E-state index in [-0.39, 0.29) is 21.8 Å². The first kappa shape index (κ1) is 18.1. The van der Waals surface area contributed by atoms with E-state index in [1.54, 1.807) is 19.9 Å². The molecule has 7 nitrogen and oxygen atoms in total. The molecule has 2 aromatic heterocycles. The first-order valence-corrected chi connectivity index (χ1v) is 9.17. The van der Waals surface area contributed by atoms with Crippen molar-refractivity contribution in [2.45, 2.75) is 19.9 Å². The highest BCUT2D eigenvalue weighted by Crippen LogP contribution is 2.43. The Labute approximate surface area is 162 Å². The Morgan fingerprint density at radius 2 is 2.07 bits per heavy atom. The highest BCUT2D eigenvalue weighted by Gasteiger charge is 2.47. The van der Waals surface area contributed by atoms with Gasteiger partial charge >= 0.3 is 0 Å². The Hall–Kier alpha value is -3.33. The second-order valence-electron chi connectivity index (χ2n) is 6.24. The zero-order valence-electron chi connectivity index (χ0n) is 14.8. The Bertz CT molecular complexity index is 1120. The van der Waals surface area contributed by atoms with E-state index >= 15 is 0 Å². The van der Waals surface area contributed by atoms with Crippen LogP contribution in [0.3, 0.4) is 0 Å². The van der Waals surface area contributed by atoms with E-state index < -0.39 is 29.3 Å². The molecule has 0 fully saturated rings. The fourth-order valence-electron chi connectivity index (χ4n) is 3.30. The number of hydrogen-bond donors (Lipinski definition) is 1. The highest BCUT2D eigenvalue weighted by atomic mass is 32.1. The number of nitrogens with zero attached hydrogens (tertiary/aromatic N) is 3. The van der Waals surface area contributed by atoms with Gasteiger partial charge in [-0.05, 0) is 26.0 Å². The lowest BCUT2D eigenvalue weighted by molar-refractivity contribution is -0.117. The minimum atomic E-state index is -1.18. The van der Waals surface area contributed by atoms with E-state index in [2.05, 4.69) is 10.2 Å². The number of rotatable bonds is 4. The summed E-state index contributed by atoms with van der Waals surface area (Å²) in [5.41, 5.74) is 1.44. The summed E-state index contributed by atoms with van der Waals surface area (Å²) >= 11 is 1.04. The third kappa shape index (κ3) is 2.71. The maximum absolute atomic E-state index is 14.6. The summed E-state index contributed by atoms with van der Waals surface area (Å²) in [6, 6.07) is 6.12. The number of amides is 1. The summed E-state index contributed by atoms with van der Waals surface area (Å²) in [5, 5.41) is 18.3. The van der Waals surface area contributed by atoms with Gasteiger partial charge < -0.3 is 9.52 Å². The van der Waals surface area contributed by atoms with Crippen molar-refractivity contribution in [3.63, 3.8) is 0 Å². The van der Waals surface area contributed by atoms with Crippen LogP contribution in [-0.2, 0) is 4.79 Å². The van der Waals surface area contributed by atoms with Gasteiger partial charge in [-0.1, -0.05) is 29.5 Å². The number of aliphatic hydroxyl groups excluding tert-OH is 1. The van der Waals surface area contributed by atoms with Crippen LogP contribution in [0.4, 0.5) is 9.52 Å². The minimum Gasteiger partial charge on any atom is -0.503 e. The first-order valence-electron chi connectivity index (χ1n) is 8.29. The molecule has 0 spiro atoms. The first-order chi connectivity index (χ1) is 13.4. The average Bonchev–Trinajstić information content (AvgIpc) is 3.35. The molecule has 0 aliphatic carbocycles. The molecule has 1 N–H and O–H groups in total. The van der Waals surface area contributed by atoms with Gasteiger partial charge in [0.05, 0.1) is 11.1 Å². The second kappa shape index (κ2) is 6.68. The Kier molecular flexibility index (Phi) is 4.31. The fourth-order valence-corrected chi connectivity index (χ4v) is 3.88. The number of halogens is 1. The number of carbonyl (C=O) groups is 2. The molecule has 0 saturated carbocycles. The van der Waals surface area contributed by atoms with Crippen molar-refractivity contribution in [2.24, 2.45) is 0 Å². The van der Waals surface area contributed by atoms with Crippen molar-refractivity contribution in [1.82, 2.24) is 10.2 Å². The van der Waals surface area contributed by atoms with E-state index in [0.29, 0.717) is 11.5 Å². The molecular formula is C19H14FN3O4S. The molecule has 1 amide bonds. The van der Waals surface area contributed by atoms with Crippen LogP contribution in [0.2, 0.25) is 0 Å². The van der Waals surface area contributed by atoms with Crippen LogP contribution in [0, 0.1) is 19.7 Å².